The third kappa shape index (κ3) is 5.21. The van der Waals surface area contributed by atoms with Crippen LogP contribution in [-0.4, -0.2) is 32.5 Å². The Labute approximate surface area is 127 Å². The average molecular weight is 293 g/mol. The summed E-state index contributed by atoms with van der Waals surface area (Å²) >= 11 is 0. The zero-order valence-corrected chi connectivity index (χ0v) is 13.4. The van der Waals surface area contributed by atoms with E-state index in [1.807, 2.05) is 12.1 Å². The van der Waals surface area contributed by atoms with Crippen molar-refractivity contribution in [1.82, 2.24) is 5.32 Å². The van der Waals surface area contributed by atoms with Crippen LogP contribution in [0, 0.1) is 0 Å². The number of methoxy groups -OCH3 is 1. The second-order valence-electron chi connectivity index (χ2n) is 5.78. The van der Waals surface area contributed by atoms with Crippen molar-refractivity contribution < 1.29 is 14.2 Å². The number of ether oxygens (including phenoxy) is 3. The van der Waals surface area contributed by atoms with Crippen LogP contribution in [0.3, 0.4) is 0 Å². The molecule has 4 heteroatoms. The quantitative estimate of drug-likeness (QED) is 0.799. The van der Waals surface area contributed by atoms with E-state index in [-0.39, 0.29) is 0 Å². The molecule has 1 aromatic carbocycles. The summed E-state index contributed by atoms with van der Waals surface area (Å²) in [4.78, 5) is 0. The molecule has 2 rings (SSSR count). The minimum atomic E-state index is 0.368. The van der Waals surface area contributed by atoms with E-state index in [1.165, 1.54) is 6.42 Å². The Balaban J connectivity index is 1.93. The molecule has 1 atom stereocenters. The van der Waals surface area contributed by atoms with Gasteiger partial charge >= 0.3 is 0 Å². The van der Waals surface area contributed by atoms with Crippen molar-refractivity contribution in [3.05, 3.63) is 23.8 Å². The number of hydrogen-bond donors (Lipinski definition) is 1. The molecule has 1 saturated heterocycles. The fourth-order valence-corrected chi connectivity index (χ4v) is 2.43. The first-order valence-corrected chi connectivity index (χ1v) is 7.83. The fraction of sp³-hybridized carbons (Fsp3) is 0.647. The Morgan fingerprint density at radius 1 is 1.38 bits per heavy atom. The van der Waals surface area contributed by atoms with Gasteiger partial charge < -0.3 is 19.5 Å². The lowest BCUT2D eigenvalue weighted by Gasteiger charge is -2.16. The third-order valence-corrected chi connectivity index (χ3v) is 3.70. The van der Waals surface area contributed by atoms with Crippen LogP contribution in [0.2, 0.25) is 0 Å². The second kappa shape index (κ2) is 8.25. The van der Waals surface area contributed by atoms with Gasteiger partial charge in [0.05, 0.1) is 19.8 Å². The molecule has 21 heavy (non-hydrogen) atoms. The Hall–Kier alpha value is -1.26. The van der Waals surface area contributed by atoms with Crippen LogP contribution in [0.1, 0.15) is 38.7 Å². The molecule has 118 valence electrons. The lowest BCUT2D eigenvalue weighted by molar-refractivity contribution is 0.0901. The molecule has 0 bridgehead atoms. The lowest BCUT2D eigenvalue weighted by Crippen LogP contribution is -2.22. The molecule has 4 nitrogen and oxygen atoms in total. The molecule has 1 fully saturated rings. The Morgan fingerprint density at radius 3 is 2.90 bits per heavy atom. The van der Waals surface area contributed by atoms with Crippen molar-refractivity contribution >= 4 is 0 Å². The molecule has 0 amide bonds. The zero-order valence-electron chi connectivity index (χ0n) is 13.4. The van der Waals surface area contributed by atoms with Gasteiger partial charge in [-0.15, -0.1) is 0 Å². The molecule has 0 spiro atoms. The zero-order chi connectivity index (χ0) is 15.1. The largest absolute Gasteiger partial charge is 0.497 e. The molecule has 1 aliphatic rings. The van der Waals surface area contributed by atoms with E-state index in [2.05, 4.69) is 25.2 Å². The highest BCUT2D eigenvalue weighted by Crippen LogP contribution is 2.26. The summed E-state index contributed by atoms with van der Waals surface area (Å²) in [6, 6.07) is 6.46. The van der Waals surface area contributed by atoms with Gasteiger partial charge in [-0.25, -0.2) is 0 Å². The Morgan fingerprint density at radius 2 is 2.24 bits per heavy atom. The van der Waals surface area contributed by atoms with Gasteiger partial charge in [-0.1, -0.05) is 19.9 Å². The van der Waals surface area contributed by atoms with E-state index in [0.717, 1.165) is 43.1 Å². The first kappa shape index (κ1) is 16.1. The first-order chi connectivity index (χ1) is 10.2. The van der Waals surface area contributed by atoms with E-state index in [4.69, 9.17) is 14.2 Å². The second-order valence-corrected chi connectivity index (χ2v) is 5.78. The average Bonchev–Trinajstić information content (AvgIpc) is 2.99. The predicted molar refractivity (Wildman–Crippen MR) is 84.1 cm³/mol. The number of hydrogen-bond acceptors (Lipinski definition) is 4. The molecule has 1 N–H and O–H groups in total. The van der Waals surface area contributed by atoms with Gasteiger partial charge in [-0.2, -0.15) is 0 Å². The fourth-order valence-electron chi connectivity index (χ4n) is 2.43. The van der Waals surface area contributed by atoms with Crippen LogP contribution >= 0.6 is 0 Å². The summed E-state index contributed by atoms with van der Waals surface area (Å²) < 4.78 is 16.9. The molecule has 0 aliphatic carbocycles. The monoisotopic (exact) mass is 293 g/mol. The van der Waals surface area contributed by atoms with Crippen LogP contribution in [0.15, 0.2) is 18.2 Å². The summed E-state index contributed by atoms with van der Waals surface area (Å²) in [5.41, 5.74) is 1.16. The highest BCUT2D eigenvalue weighted by atomic mass is 16.5. The standard InChI is InChI=1S/C17H27NO3/c1-13(2)18-12-14-6-7-16(19-3)11-17(14)21-10-8-15-5-4-9-20-15/h6-7,11,13,15,18H,4-5,8-10,12H2,1-3H3. The highest BCUT2D eigenvalue weighted by molar-refractivity contribution is 5.40. The number of rotatable bonds is 8. The molecule has 1 aliphatic heterocycles. The first-order valence-electron chi connectivity index (χ1n) is 7.83. The Kier molecular flexibility index (Phi) is 6.33. The van der Waals surface area contributed by atoms with E-state index in [1.54, 1.807) is 7.11 Å². The summed E-state index contributed by atoms with van der Waals surface area (Å²) in [5.74, 6) is 1.73. The molecule has 1 unspecified atom stereocenters. The normalized spacial score (nSPS) is 18.2. The number of nitrogens with one attached hydrogen (secondary N) is 1. The number of benzene rings is 1. The smallest absolute Gasteiger partial charge is 0.127 e. The molecule has 1 heterocycles. The van der Waals surface area contributed by atoms with E-state index >= 15 is 0 Å². The SMILES string of the molecule is COc1ccc(CNC(C)C)c(OCCC2CCCO2)c1. The van der Waals surface area contributed by atoms with E-state index in [9.17, 15) is 0 Å². The summed E-state index contributed by atoms with van der Waals surface area (Å²) in [5, 5.41) is 3.43. The summed E-state index contributed by atoms with van der Waals surface area (Å²) in [7, 11) is 1.68. The van der Waals surface area contributed by atoms with Crippen LogP contribution in [0.25, 0.3) is 0 Å². The van der Waals surface area contributed by atoms with Crippen LogP contribution in [0.5, 0.6) is 11.5 Å². The predicted octanol–water partition coefficient (Wildman–Crippen LogP) is 3.14. The van der Waals surface area contributed by atoms with Gasteiger partial charge in [0.1, 0.15) is 11.5 Å². The molecule has 0 saturated carbocycles. The third-order valence-electron chi connectivity index (χ3n) is 3.70. The lowest BCUT2D eigenvalue weighted by atomic mass is 10.1. The van der Waals surface area contributed by atoms with Gasteiger partial charge in [-0.3, -0.25) is 0 Å². The van der Waals surface area contributed by atoms with E-state index < -0.39 is 0 Å². The van der Waals surface area contributed by atoms with Gasteiger partial charge in [0.25, 0.3) is 0 Å². The van der Waals surface area contributed by atoms with Crippen molar-refractivity contribution in [3.8, 4) is 11.5 Å². The minimum Gasteiger partial charge on any atom is -0.497 e. The van der Waals surface area contributed by atoms with E-state index in [0.29, 0.717) is 18.8 Å². The molecular formula is C17H27NO3. The molecule has 0 aromatic heterocycles. The maximum Gasteiger partial charge on any atom is 0.127 e. The van der Waals surface area contributed by atoms with Crippen LogP contribution in [0.4, 0.5) is 0 Å². The summed E-state index contributed by atoms with van der Waals surface area (Å²) in [6.07, 6.45) is 3.65. The van der Waals surface area contributed by atoms with Crippen molar-refractivity contribution in [2.75, 3.05) is 20.3 Å². The van der Waals surface area contributed by atoms with Crippen molar-refractivity contribution in [1.29, 1.82) is 0 Å². The van der Waals surface area contributed by atoms with Gasteiger partial charge in [0.2, 0.25) is 0 Å². The van der Waals surface area contributed by atoms with Crippen molar-refractivity contribution in [2.24, 2.45) is 0 Å². The maximum absolute atomic E-state index is 5.97. The maximum atomic E-state index is 5.97. The van der Waals surface area contributed by atoms with Crippen molar-refractivity contribution in [3.63, 3.8) is 0 Å². The highest BCUT2D eigenvalue weighted by Gasteiger charge is 2.15. The Bertz CT molecular complexity index is 428. The van der Waals surface area contributed by atoms with Crippen LogP contribution < -0.4 is 14.8 Å². The van der Waals surface area contributed by atoms with Gasteiger partial charge in [0.15, 0.2) is 0 Å². The van der Waals surface area contributed by atoms with Gasteiger partial charge in [-0.05, 0) is 18.9 Å². The molecular weight excluding hydrogens is 266 g/mol. The minimum absolute atomic E-state index is 0.368. The van der Waals surface area contributed by atoms with Crippen LogP contribution in [-0.2, 0) is 11.3 Å². The topological polar surface area (TPSA) is 39.7 Å². The molecule has 1 aromatic rings. The van der Waals surface area contributed by atoms with Crippen molar-refractivity contribution in [2.45, 2.75) is 51.8 Å². The molecule has 0 radical (unpaired) electrons. The van der Waals surface area contributed by atoms with Gasteiger partial charge in [0, 0.05) is 37.2 Å². The summed E-state index contributed by atoms with van der Waals surface area (Å²) in [6.45, 7) is 6.67.